The summed E-state index contributed by atoms with van der Waals surface area (Å²) in [5.74, 6) is 0.00413. The lowest BCUT2D eigenvalue weighted by Gasteiger charge is -2.22. The highest BCUT2D eigenvalue weighted by Gasteiger charge is 2.33. The maximum absolute atomic E-state index is 13.6. The summed E-state index contributed by atoms with van der Waals surface area (Å²) in [5, 5.41) is 0. The number of hydrogen-bond acceptors (Lipinski definition) is 2. The number of hydrogen-bond donors (Lipinski definition) is 0. The van der Waals surface area contributed by atoms with Gasteiger partial charge < -0.3 is 4.74 Å². The first-order chi connectivity index (χ1) is 16.7. The number of carbonyl (C=O) groups is 1. The smallest absolute Gasteiger partial charge is 0.416 e. The third kappa shape index (κ3) is 6.09. The van der Waals surface area contributed by atoms with Crippen LogP contribution in [0.5, 0.6) is 5.75 Å². The molecule has 36 heavy (non-hydrogen) atoms. The van der Waals surface area contributed by atoms with E-state index in [2.05, 4.69) is 0 Å². The van der Waals surface area contributed by atoms with Crippen molar-refractivity contribution in [3.63, 3.8) is 0 Å². The van der Waals surface area contributed by atoms with Crippen molar-refractivity contribution in [3.8, 4) is 16.9 Å². The normalized spacial score (nSPS) is 13.1. The van der Waals surface area contributed by atoms with Gasteiger partial charge in [0.05, 0.1) is 18.2 Å². The lowest BCUT2D eigenvalue weighted by molar-refractivity contribution is -0.138. The zero-order chi connectivity index (χ0) is 26.8. The van der Waals surface area contributed by atoms with E-state index in [9.17, 15) is 31.1 Å². The van der Waals surface area contributed by atoms with Crippen molar-refractivity contribution in [1.29, 1.82) is 0 Å². The number of carbonyl (C=O) groups excluding carboxylic acids is 1. The van der Waals surface area contributed by atoms with Gasteiger partial charge in [0.2, 0.25) is 0 Å². The van der Waals surface area contributed by atoms with Gasteiger partial charge in [0.1, 0.15) is 12.0 Å². The monoisotopic (exact) mass is 508 g/mol. The Morgan fingerprint density at radius 2 is 1.47 bits per heavy atom. The molecule has 0 fully saturated rings. The minimum atomic E-state index is -4.66. The van der Waals surface area contributed by atoms with Crippen LogP contribution in [0.3, 0.4) is 0 Å². The Morgan fingerprint density at radius 3 is 2.03 bits per heavy atom. The minimum Gasteiger partial charge on any atom is -0.496 e. The number of methoxy groups -OCH3 is 1. The molecule has 0 N–H and O–H groups in total. The molecule has 0 aromatic heterocycles. The Kier molecular flexibility index (Phi) is 7.86. The first-order valence-electron chi connectivity index (χ1n) is 11.3. The molecular formula is C28H26F6O2. The predicted octanol–water partition coefficient (Wildman–Crippen LogP) is 8.68. The van der Waals surface area contributed by atoms with E-state index < -0.39 is 29.4 Å². The first-order valence-corrected chi connectivity index (χ1v) is 11.3. The van der Waals surface area contributed by atoms with Crippen molar-refractivity contribution in [2.24, 2.45) is 0 Å². The number of aldehydes is 1. The van der Waals surface area contributed by atoms with Gasteiger partial charge in [-0.2, -0.15) is 26.3 Å². The number of alkyl halides is 6. The SMILES string of the molecule is COc1ccc(C(C)C)cc1-c1ccc(C(F)(F)F)cc1C(C)Cc1cc(C=O)cc(C(F)(F)F)c1. The van der Waals surface area contributed by atoms with Crippen molar-refractivity contribution in [2.45, 2.75) is 51.4 Å². The molecule has 0 aliphatic carbocycles. The van der Waals surface area contributed by atoms with Crippen LogP contribution in [0.25, 0.3) is 11.1 Å². The van der Waals surface area contributed by atoms with E-state index in [4.69, 9.17) is 4.74 Å². The van der Waals surface area contributed by atoms with Gasteiger partial charge in [-0.3, -0.25) is 4.79 Å². The van der Waals surface area contributed by atoms with E-state index in [1.165, 1.54) is 19.2 Å². The van der Waals surface area contributed by atoms with Gasteiger partial charge in [0.15, 0.2) is 0 Å². The zero-order valence-corrected chi connectivity index (χ0v) is 20.2. The van der Waals surface area contributed by atoms with Crippen molar-refractivity contribution in [2.75, 3.05) is 7.11 Å². The first kappa shape index (κ1) is 27.3. The third-order valence-corrected chi connectivity index (χ3v) is 6.11. The van der Waals surface area contributed by atoms with Crippen LogP contribution in [0.1, 0.15) is 70.8 Å². The molecule has 0 bridgehead atoms. The highest BCUT2D eigenvalue weighted by molar-refractivity contribution is 5.76. The molecular weight excluding hydrogens is 482 g/mol. The molecule has 0 saturated heterocycles. The fourth-order valence-electron chi connectivity index (χ4n) is 4.22. The van der Waals surface area contributed by atoms with Crippen LogP contribution in [0.4, 0.5) is 26.3 Å². The van der Waals surface area contributed by atoms with Crippen LogP contribution in [0, 0.1) is 0 Å². The average Bonchev–Trinajstić information content (AvgIpc) is 2.81. The maximum Gasteiger partial charge on any atom is 0.416 e. The standard InChI is InChI=1S/C28H26F6O2/c1-16(2)20-5-8-26(36-4)25(13-20)23-7-6-21(27(29,30)31)14-24(23)17(3)9-18-10-19(15-35)12-22(11-18)28(32,33)34/h5-8,10-17H,9H2,1-4H3. The Morgan fingerprint density at radius 1 is 0.806 bits per heavy atom. The number of halogens is 6. The molecule has 3 aromatic carbocycles. The van der Waals surface area contributed by atoms with Crippen molar-refractivity contribution in [1.82, 2.24) is 0 Å². The topological polar surface area (TPSA) is 26.3 Å². The summed E-state index contributed by atoms with van der Waals surface area (Å²) in [7, 11) is 1.46. The lowest BCUT2D eigenvalue weighted by atomic mass is 9.85. The van der Waals surface area contributed by atoms with Crippen LogP contribution < -0.4 is 4.74 Å². The van der Waals surface area contributed by atoms with Gasteiger partial charge in [0.25, 0.3) is 0 Å². The molecule has 0 amide bonds. The molecule has 0 spiro atoms. The van der Waals surface area contributed by atoms with Crippen molar-refractivity contribution in [3.05, 3.63) is 88.0 Å². The Balaban J connectivity index is 2.17. The average molecular weight is 509 g/mol. The highest BCUT2D eigenvalue weighted by atomic mass is 19.4. The molecule has 3 rings (SSSR count). The molecule has 0 aliphatic heterocycles. The number of benzene rings is 3. The Labute approximate surface area is 205 Å². The largest absolute Gasteiger partial charge is 0.496 e. The van der Waals surface area contributed by atoms with Crippen molar-refractivity contribution < 1.29 is 35.9 Å². The lowest BCUT2D eigenvalue weighted by Crippen LogP contribution is -2.10. The van der Waals surface area contributed by atoms with E-state index in [-0.39, 0.29) is 23.5 Å². The van der Waals surface area contributed by atoms with Crippen LogP contribution in [-0.2, 0) is 18.8 Å². The summed E-state index contributed by atoms with van der Waals surface area (Å²) in [6.45, 7) is 5.62. The summed E-state index contributed by atoms with van der Waals surface area (Å²) in [6, 6.07) is 11.9. The second kappa shape index (κ2) is 10.4. The number of rotatable bonds is 7. The van der Waals surface area contributed by atoms with Crippen LogP contribution in [-0.4, -0.2) is 13.4 Å². The van der Waals surface area contributed by atoms with E-state index >= 15 is 0 Å². The van der Waals surface area contributed by atoms with Gasteiger partial charge in [-0.25, -0.2) is 0 Å². The van der Waals surface area contributed by atoms with E-state index in [1.54, 1.807) is 13.0 Å². The van der Waals surface area contributed by atoms with Gasteiger partial charge in [0, 0.05) is 11.1 Å². The predicted molar refractivity (Wildman–Crippen MR) is 126 cm³/mol. The quantitative estimate of drug-likeness (QED) is 0.236. The molecule has 8 heteroatoms. The molecule has 3 aromatic rings. The molecule has 0 radical (unpaired) electrons. The zero-order valence-electron chi connectivity index (χ0n) is 20.2. The molecule has 2 nitrogen and oxygen atoms in total. The molecule has 192 valence electrons. The minimum absolute atomic E-state index is 0.00867. The summed E-state index contributed by atoms with van der Waals surface area (Å²) >= 11 is 0. The molecule has 1 unspecified atom stereocenters. The summed E-state index contributed by atoms with van der Waals surface area (Å²) in [6.07, 6.45) is -8.95. The van der Waals surface area contributed by atoms with Crippen molar-refractivity contribution >= 4 is 6.29 Å². The van der Waals surface area contributed by atoms with Crippen LogP contribution >= 0.6 is 0 Å². The third-order valence-electron chi connectivity index (χ3n) is 6.11. The molecule has 0 aliphatic rings. The summed E-state index contributed by atoms with van der Waals surface area (Å²) in [4.78, 5) is 11.2. The number of ether oxygens (including phenoxy) is 1. The van der Waals surface area contributed by atoms with E-state index in [0.29, 0.717) is 28.7 Å². The Bertz CT molecular complexity index is 1240. The second-order valence-electron chi connectivity index (χ2n) is 9.10. The Hall–Kier alpha value is -3.29. The molecule has 0 heterocycles. The van der Waals surface area contributed by atoms with Gasteiger partial charge in [-0.1, -0.05) is 32.9 Å². The van der Waals surface area contributed by atoms with Gasteiger partial charge in [-0.15, -0.1) is 0 Å². The second-order valence-corrected chi connectivity index (χ2v) is 9.10. The summed E-state index contributed by atoms with van der Waals surface area (Å²) in [5.41, 5.74) is 0.573. The van der Waals surface area contributed by atoms with Crippen LogP contribution in [0.2, 0.25) is 0 Å². The van der Waals surface area contributed by atoms with Gasteiger partial charge >= 0.3 is 12.4 Å². The van der Waals surface area contributed by atoms with E-state index in [0.717, 1.165) is 29.8 Å². The highest BCUT2D eigenvalue weighted by Crippen LogP contribution is 2.41. The summed E-state index contributed by atoms with van der Waals surface area (Å²) < 4.78 is 86.3. The molecule has 1 atom stereocenters. The fraction of sp³-hybridized carbons (Fsp3) is 0.321. The maximum atomic E-state index is 13.6. The fourth-order valence-corrected chi connectivity index (χ4v) is 4.22. The van der Waals surface area contributed by atoms with Crippen LogP contribution in [0.15, 0.2) is 54.6 Å². The van der Waals surface area contributed by atoms with Gasteiger partial charge in [-0.05, 0) is 83.0 Å². The molecule has 0 saturated carbocycles. The van der Waals surface area contributed by atoms with E-state index in [1.807, 2.05) is 26.0 Å².